The van der Waals surface area contributed by atoms with E-state index in [0.29, 0.717) is 29.6 Å². The van der Waals surface area contributed by atoms with Crippen LogP contribution >= 0.6 is 23.4 Å². The van der Waals surface area contributed by atoms with Crippen molar-refractivity contribution in [3.63, 3.8) is 0 Å². The highest BCUT2D eigenvalue weighted by Gasteiger charge is 2.37. The van der Waals surface area contributed by atoms with Crippen molar-refractivity contribution in [2.24, 2.45) is 4.99 Å². The molecule has 0 saturated carbocycles. The predicted octanol–water partition coefficient (Wildman–Crippen LogP) is 4.71. The van der Waals surface area contributed by atoms with E-state index in [-0.39, 0.29) is 29.2 Å². The van der Waals surface area contributed by atoms with Crippen molar-refractivity contribution >= 4 is 34.2 Å². The third kappa shape index (κ3) is 3.49. The fourth-order valence-electron chi connectivity index (χ4n) is 4.52. The van der Waals surface area contributed by atoms with E-state index in [9.17, 15) is 4.79 Å². The van der Waals surface area contributed by atoms with Gasteiger partial charge in [-0.25, -0.2) is 4.99 Å². The standard InChI is InChI=1S/C21H24ClN3O4S/c1-11-23-19-16(20(26)24-25(19)14-4-5-29-21(2,3)8-14)18(30-11)15-7-13(22)6-12-9-27-10-28-17(12)15/h6-7,14,18H,4-5,8-10H2,1-3H3,(H,24,26)/t14-,18+/m0/s1. The number of fused-ring (bicyclic) bond motifs is 2. The molecule has 5 rings (SSSR count). The molecule has 30 heavy (non-hydrogen) atoms. The number of H-pyrrole nitrogens is 1. The summed E-state index contributed by atoms with van der Waals surface area (Å²) in [6.07, 6.45) is 1.64. The monoisotopic (exact) mass is 449 g/mol. The Hall–Kier alpha value is -1.74. The first-order valence-electron chi connectivity index (χ1n) is 10.1. The third-order valence-corrected chi connectivity index (χ3v) is 7.15. The molecule has 3 aliphatic rings. The summed E-state index contributed by atoms with van der Waals surface area (Å²) in [5.41, 5.74) is 2.07. The maximum absolute atomic E-state index is 13.1. The molecule has 7 nitrogen and oxygen atoms in total. The highest BCUT2D eigenvalue weighted by atomic mass is 35.5. The molecule has 0 unspecified atom stereocenters. The van der Waals surface area contributed by atoms with E-state index in [1.807, 2.05) is 23.7 Å². The van der Waals surface area contributed by atoms with E-state index in [1.54, 1.807) is 11.8 Å². The van der Waals surface area contributed by atoms with E-state index < -0.39 is 0 Å². The number of hydrogen-bond donors (Lipinski definition) is 1. The Balaban J connectivity index is 1.63. The first kappa shape index (κ1) is 20.2. The normalized spacial score (nSPS) is 25.1. The minimum Gasteiger partial charge on any atom is -0.467 e. The Kier molecular flexibility index (Phi) is 5.01. The van der Waals surface area contributed by atoms with Gasteiger partial charge in [-0.05, 0) is 45.7 Å². The molecule has 2 aromatic rings. The number of aliphatic imine (C=N–C) groups is 1. The van der Waals surface area contributed by atoms with Gasteiger partial charge in [0, 0.05) is 22.8 Å². The lowest BCUT2D eigenvalue weighted by Gasteiger charge is -2.36. The summed E-state index contributed by atoms with van der Waals surface area (Å²) in [4.78, 5) is 17.9. The van der Waals surface area contributed by atoms with Crippen LogP contribution in [-0.2, 0) is 16.1 Å². The molecule has 1 N–H and O–H groups in total. The summed E-state index contributed by atoms with van der Waals surface area (Å²) < 4.78 is 19.1. The SMILES string of the molecule is CC1=Nc2c(c(=O)[nH]n2[C@H]2CCOC(C)(C)C2)[C@@H](c2cc(Cl)cc3c2OCOC3)S1. The van der Waals surface area contributed by atoms with Crippen molar-refractivity contribution in [2.75, 3.05) is 13.4 Å². The molecule has 1 aromatic carbocycles. The highest BCUT2D eigenvalue weighted by molar-refractivity contribution is 8.14. The summed E-state index contributed by atoms with van der Waals surface area (Å²) >= 11 is 7.96. The highest BCUT2D eigenvalue weighted by Crippen LogP contribution is 2.49. The fourth-order valence-corrected chi connectivity index (χ4v) is 5.88. The second-order valence-corrected chi connectivity index (χ2v) is 10.3. The molecular weight excluding hydrogens is 426 g/mol. The van der Waals surface area contributed by atoms with Crippen LogP contribution in [0.3, 0.4) is 0 Å². The molecular formula is C21H24ClN3O4S. The summed E-state index contributed by atoms with van der Waals surface area (Å²) in [5, 5.41) is 4.31. The summed E-state index contributed by atoms with van der Waals surface area (Å²) in [5.74, 6) is 1.45. The number of nitrogens with zero attached hydrogens (tertiary/aromatic N) is 2. The summed E-state index contributed by atoms with van der Waals surface area (Å²) in [7, 11) is 0. The molecule has 1 aromatic heterocycles. The first-order chi connectivity index (χ1) is 14.3. The molecule has 1 saturated heterocycles. The van der Waals surface area contributed by atoms with Crippen molar-refractivity contribution < 1.29 is 14.2 Å². The number of benzene rings is 1. The van der Waals surface area contributed by atoms with Crippen LogP contribution in [0.4, 0.5) is 5.82 Å². The molecule has 0 radical (unpaired) electrons. The van der Waals surface area contributed by atoms with Crippen LogP contribution in [0.5, 0.6) is 5.75 Å². The van der Waals surface area contributed by atoms with E-state index in [4.69, 9.17) is 30.8 Å². The number of ether oxygens (including phenoxy) is 3. The molecule has 4 heterocycles. The number of aromatic amines is 1. The van der Waals surface area contributed by atoms with Crippen LogP contribution in [0, 0.1) is 0 Å². The Labute approximate surface area is 183 Å². The van der Waals surface area contributed by atoms with E-state index in [0.717, 1.165) is 34.8 Å². The van der Waals surface area contributed by atoms with Gasteiger partial charge in [-0.1, -0.05) is 23.4 Å². The second kappa shape index (κ2) is 7.44. The Bertz CT molecular complexity index is 1090. The number of rotatable bonds is 2. The maximum atomic E-state index is 13.1. The molecule has 0 spiro atoms. The number of hydrogen-bond acceptors (Lipinski definition) is 6. The van der Waals surface area contributed by atoms with Gasteiger partial charge in [-0.15, -0.1) is 0 Å². The minimum absolute atomic E-state index is 0.121. The number of halogens is 1. The zero-order valence-corrected chi connectivity index (χ0v) is 18.7. The van der Waals surface area contributed by atoms with Gasteiger partial charge < -0.3 is 14.2 Å². The number of thioether (sulfide) groups is 1. The number of aromatic nitrogens is 2. The Morgan fingerprint density at radius 2 is 2.20 bits per heavy atom. The third-order valence-electron chi connectivity index (χ3n) is 5.77. The molecule has 3 aliphatic heterocycles. The van der Waals surface area contributed by atoms with E-state index >= 15 is 0 Å². The zero-order valence-electron chi connectivity index (χ0n) is 17.2. The van der Waals surface area contributed by atoms with Gasteiger partial charge >= 0.3 is 0 Å². The Morgan fingerprint density at radius 1 is 1.37 bits per heavy atom. The largest absolute Gasteiger partial charge is 0.467 e. The molecule has 2 atom stereocenters. The molecule has 0 aliphatic carbocycles. The molecule has 9 heteroatoms. The topological polar surface area (TPSA) is 77.8 Å². The zero-order chi connectivity index (χ0) is 21.0. The fraction of sp³-hybridized carbons (Fsp3) is 0.524. The minimum atomic E-state index is -0.249. The van der Waals surface area contributed by atoms with E-state index in [1.165, 1.54) is 0 Å². The van der Waals surface area contributed by atoms with Gasteiger partial charge in [0.25, 0.3) is 5.56 Å². The number of nitrogens with one attached hydrogen (secondary N) is 1. The van der Waals surface area contributed by atoms with Crippen LogP contribution in [0.25, 0.3) is 0 Å². The second-order valence-electron chi connectivity index (χ2n) is 8.53. The lowest BCUT2D eigenvalue weighted by molar-refractivity contribution is -0.0705. The molecule has 1 fully saturated rings. The summed E-state index contributed by atoms with van der Waals surface area (Å²) in [6, 6.07) is 3.87. The van der Waals surface area contributed by atoms with Gasteiger partial charge in [-0.3, -0.25) is 14.6 Å². The summed E-state index contributed by atoms with van der Waals surface area (Å²) in [6.45, 7) is 7.42. The van der Waals surface area contributed by atoms with Gasteiger partial charge in [0.1, 0.15) is 5.75 Å². The van der Waals surface area contributed by atoms with Crippen molar-refractivity contribution in [3.8, 4) is 5.75 Å². The molecule has 0 bridgehead atoms. The van der Waals surface area contributed by atoms with Crippen molar-refractivity contribution in [1.29, 1.82) is 0 Å². The van der Waals surface area contributed by atoms with Crippen molar-refractivity contribution in [1.82, 2.24) is 9.78 Å². The van der Waals surface area contributed by atoms with Gasteiger partial charge in [-0.2, -0.15) is 0 Å². The van der Waals surface area contributed by atoms with Gasteiger partial charge in [0.2, 0.25) is 0 Å². The quantitative estimate of drug-likeness (QED) is 0.718. The average molecular weight is 450 g/mol. The van der Waals surface area contributed by atoms with Crippen molar-refractivity contribution in [3.05, 3.63) is 44.2 Å². The van der Waals surface area contributed by atoms with Crippen LogP contribution in [-0.4, -0.2) is 33.8 Å². The lowest BCUT2D eigenvalue weighted by Crippen LogP contribution is -2.35. The van der Waals surface area contributed by atoms with E-state index in [2.05, 4.69) is 18.9 Å². The smallest absolute Gasteiger partial charge is 0.271 e. The Morgan fingerprint density at radius 3 is 3.00 bits per heavy atom. The van der Waals surface area contributed by atoms with Gasteiger partial charge in [0.05, 0.1) is 34.1 Å². The van der Waals surface area contributed by atoms with Crippen LogP contribution < -0.4 is 10.3 Å². The average Bonchev–Trinajstić information content (AvgIpc) is 3.02. The first-order valence-corrected chi connectivity index (χ1v) is 11.3. The lowest BCUT2D eigenvalue weighted by atomic mass is 9.94. The predicted molar refractivity (Wildman–Crippen MR) is 117 cm³/mol. The molecule has 0 amide bonds. The van der Waals surface area contributed by atoms with Crippen LogP contribution in [0.15, 0.2) is 21.9 Å². The van der Waals surface area contributed by atoms with Crippen LogP contribution in [0.2, 0.25) is 5.02 Å². The van der Waals surface area contributed by atoms with Gasteiger partial charge in [0.15, 0.2) is 12.6 Å². The maximum Gasteiger partial charge on any atom is 0.271 e. The van der Waals surface area contributed by atoms with Crippen molar-refractivity contribution in [2.45, 2.75) is 57.1 Å². The van der Waals surface area contributed by atoms with Crippen LogP contribution in [0.1, 0.15) is 61.6 Å². The molecule has 160 valence electrons.